The predicted molar refractivity (Wildman–Crippen MR) is 65.6 cm³/mol. The van der Waals surface area contributed by atoms with Crippen LogP contribution < -0.4 is 0 Å². The zero-order chi connectivity index (χ0) is 13.0. The third-order valence-electron chi connectivity index (χ3n) is 3.51. The van der Waals surface area contributed by atoms with Gasteiger partial charge in [-0.15, -0.1) is 0 Å². The summed E-state index contributed by atoms with van der Waals surface area (Å²) in [6.07, 6.45) is 4.96. The largest absolute Gasteiger partial charge is 0.385 e. The van der Waals surface area contributed by atoms with Crippen LogP contribution in [-0.2, 0) is 11.3 Å². The van der Waals surface area contributed by atoms with Crippen LogP contribution in [0.5, 0.6) is 0 Å². The van der Waals surface area contributed by atoms with Gasteiger partial charge in [0.25, 0.3) is 0 Å². The lowest BCUT2D eigenvalue weighted by molar-refractivity contribution is -0.0533. The summed E-state index contributed by atoms with van der Waals surface area (Å²) in [6, 6.07) is 2.26. The maximum atomic E-state index is 10.5. The topological polar surface area (TPSA) is 71.1 Å². The molecule has 1 aromatic rings. The SMILES string of the molecule is CCCn1cncc1C(O)C1(C#N)CCCOC1. The zero-order valence-electron chi connectivity index (χ0n) is 10.7. The summed E-state index contributed by atoms with van der Waals surface area (Å²) in [4.78, 5) is 4.07. The number of rotatable bonds is 4. The van der Waals surface area contributed by atoms with Gasteiger partial charge in [-0.05, 0) is 19.3 Å². The first-order valence-electron chi connectivity index (χ1n) is 6.40. The van der Waals surface area contributed by atoms with Crippen molar-refractivity contribution in [2.24, 2.45) is 5.41 Å². The summed E-state index contributed by atoms with van der Waals surface area (Å²) in [6.45, 7) is 3.83. The number of ether oxygens (including phenoxy) is 1. The Bertz CT molecular complexity index is 430. The number of aryl methyl sites for hydroxylation is 1. The molecule has 0 aromatic carbocycles. The van der Waals surface area contributed by atoms with Gasteiger partial charge in [0, 0.05) is 13.2 Å². The van der Waals surface area contributed by atoms with Crippen molar-refractivity contribution in [1.82, 2.24) is 9.55 Å². The Hall–Kier alpha value is -1.38. The summed E-state index contributed by atoms with van der Waals surface area (Å²) >= 11 is 0. The van der Waals surface area contributed by atoms with Gasteiger partial charge in [-0.1, -0.05) is 6.92 Å². The molecule has 2 rings (SSSR count). The van der Waals surface area contributed by atoms with Gasteiger partial charge in [0.1, 0.15) is 11.5 Å². The molecule has 5 nitrogen and oxygen atoms in total. The van der Waals surface area contributed by atoms with Gasteiger partial charge in [-0.3, -0.25) is 0 Å². The monoisotopic (exact) mass is 249 g/mol. The van der Waals surface area contributed by atoms with Gasteiger partial charge >= 0.3 is 0 Å². The van der Waals surface area contributed by atoms with Crippen molar-refractivity contribution in [3.63, 3.8) is 0 Å². The lowest BCUT2D eigenvalue weighted by Crippen LogP contribution is -2.37. The molecule has 1 fully saturated rings. The Morgan fingerprint density at radius 2 is 2.56 bits per heavy atom. The third kappa shape index (κ3) is 2.26. The Kier molecular flexibility index (Phi) is 4.00. The minimum Gasteiger partial charge on any atom is -0.385 e. The lowest BCUT2D eigenvalue weighted by Gasteiger charge is -2.34. The first-order valence-corrected chi connectivity index (χ1v) is 6.40. The van der Waals surface area contributed by atoms with E-state index >= 15 is 0 Å². The van der Waals surface area contributed by atoms with Crippen LogP contribution in [0.1, 0.15) is 38.0 Å². The number of aliphatic hydroxyl groups is 1. The number of hydrogen-bond donors (Lipinski definition) is 1. The van der Waals surface area contributed by atoms with Crippen molar-refractivity contribution >= 4 is 0 Å². The fourth-order valence-electron chi connectivity index (χ4n) is 2.45. The van der Waals surface area contributed by atoms with E-state index in [-0.39, 0.29) is 0 Å². The molecule has 0 saturated carbocycles. The van der Waals surface area contributed by atoms with Gasteiger partial charge in [-0.2, -0.15) is 5.26 Å². The number of nitrogens with zero attached hydrogens (tertiary/aromatic N) is 3. The standard InChI is InChI=1S/C13H19N3O2/c1-2-5-16-10-15-7-11(16)12(17)13(8-14)4-3-6-18-9-13/h7,10,12,17H,2-6,9H2,1H3. The Morgan fingerprint density at radius 1 is 1.72 bits per heavy atom. The van der Waals surface area contributed by atoms with Crippen LogP contribution in [0.3, 0.4) is 0 Å². The van der Waals surface area contributed by atoms with Crippen LogP contribution in [0.15, 0.2) is 12.5 Å². The van der Waals surface area contributed by atoms with E-state index in [1.54, 1.807) is 12.5 Å². The molecule has 1 N–H and O–H groups in total. The summed E-state index contributed by atoms with van der Waals surface area (Å²) in [5.41, 5.74) is -0.118. The number of aliphatic hydroxyl groups excluding tert-OH is 1. The quantitative estimate of drug-likeness (QED) is 0.880. The highest BCUT2D eigenvalue weighted by Gasteiger charge is 2.42. The van der Waals surface area contributed by atoms with E-state index in [2.05, 4.69) is 18.0 Å². The summed E-state index contributed by atoms with van der Waals surface area (Å²) in [7, 11) is 0. The molecule has 2 atom stereocenters. The van der Waals surface area contributed by atoms with Crippen LogP contribution in [-0.4, -0.2) is 27.9 Å². The Balaban J connectivity index is 2.25. The van der Waals surface area contributed by atoms with Crippen molar-refractivity contribution in [1.29, 1.82) is 5.26 Å². The number of aromatic nitrogens is 2. The second-order valence-corrected chi connectivity index (χ2v) is 4.84. The average Bonchev–Trinajstić information content (AvgIpc) is 2.87. The van der Waals surface area contributed by atoms with E-state index in [1.807, 2.05) is 4.57 Å². The number of nitriles is 1. The van der Waals surface area contributed by atoms with Crippen LogP contribution in [0, 0.1) is 16.7 Å². The highest BCUT2D eigenvalue weighted by molar-refractivity contribution is 5.15. The molecular weight excluding hydrogens is 230 g/mol. The minimum atomic E-state index is -0.836. The maximum Gasteiger partial charge on any atom is 0.116 e. The summed E-state index contributed by atoms with van der Waals surface area (Å²) in [5, 5.41) is 19.9. The smallest absolute Gasteiger partial charge is 0.116 e. The van der Waals surface area contributed by atoms with E-state index in [1.165, 1.54) is 0 Å². The van der Waals surface area contributed by atoms with E-state index in [0.29, 0.717) is 25.3 Å². The molecule has 0 aliphatic carbocycles. The van der Waals surface area contributed by atoms with Gasteiger partial charge in [0.15, 0.2) is 0 Å². The molecule has 0 bridgehead atoms. The molecule has 0 radical (unpaired) electrons. The summed E-state index contributed by atoms with van der Waals surface area (Å²) in [5.74, 6) is 0. The van der Waals surface area contributed by atoms with Gasteiger partial charge in [0.2, 0.25) is 0 Å². The van der Waals surface area contributed by atoms with E-state index in [0.717, 1.165) is 19.4 Å². The summed E-state index contributed by atoms with van der Waals surface area (Å²) < 4.78 is 7.30. The van der Waals surface area contributed by atoms with Crippen LogP contribution in [0.4, 0.5) is 0 Å². The van der Waals surface area contributed by atoms with Crippen molar-refractivity contribution < 1.29 is 9.84 Å². The van der Waals surface area contributed by atoms with E-state index in [9.17, 15) is 10.4 Å². The first-order chi connectivity index (χ1) is 8.73. The van der Waals surface area contributed by atoms with Crippen LogP contribution in [0.2, 0.25) is 0 Å². The van der Waals surface area contributed by atoms with Gasteiger partial charge in [-0.25, -0.2) is 4.98 Å². The second kappa shape index (κ2) is 5.51. The zero-order valence-corrected chi connectivity index (χ0v) is 10.7. The molecule has 0 amide bonds. The van der Waals surface area contributed by atoms with Gasteiger partial charge in [0.05, 0.1) is 30.9 Å². The molecule has 1 aromatic heterocycles. The highest BCUT2D eigenvalue weighted by atomic mass is 16.5. The van der Waals surface area contributed by atoms with Crippen LogP contribution >= 0.6 is 0 Å². The molecule has 98 valence electrons. The fraction of sp³-hybridized carbons (Fsp3) is 0.692. The minimum absolute atomic E-state index is 0.294. The lowest BCUT2D eigenvalue weighted by atomic mass is 9.77. The maximum absolute atomic E-state index is 10.5. The Labute approximate surface area is 107 Å². The highest BCUT2D eigenvalue weighted by Crippen LogP contribution is 2.40. The molecule has 5 heteroatoms. The fourth-order valence-corrected chi connectivity index (χ4v) is 2.45. The van der Waals surface area contributed by atoms with Crippen molar-refractivity contribution in [2.75, 3.05) is 13.2 Å². The molecule has 0 spiro atoms. The molecule has 1 aliphatic heterocycles. The molecular formula is C13H19N3O2. The van der Waals surface area contributed by atoms with Crippen molar-refractivity contribution in [2.45, 2.75) is 38.8 Å². The first kappa shape index (κ1) is 13.1. The molecule has 1 aliphatic rings. The third-order valence-corrected chi connectivity index (χ3v) is 3.51. The molecule has 18 heavy (non-hydrogen) atoms. The van der Waals surface area contributed by atoms with Gasteiger partial charge < -0.3 is 14.4 Å². The Morgan fingerprint density at radius 3 is 3.17 bits per heavy atom. The average molecular weight is 249 g/mol. The second-order valence-electron chi connectivity index (χ2n) is 4.84. The number of hydrogen-bond acceptors (Lipinski definition) is 4. The van der Waals surface area contributed by atoms with E-state index in [4.69, 9.17) is 4.74 Å². The molecule has 2 heterocycles. The molecule has 2 unspecified atom stereocenters. The molecule has 1 saturated heterocycles. The normalized spacial score (nSPS) is 25.6. The predicted octanol–water partition coefficient (Wildman–Crippen LogP) is 1.65. The van der Waals surface area contributed by atoms with Crippen LogP contribution in [0.25, 0.3) is 0 Å². The van der Waals surface area contributed by atoms with Crippen molar-refractivity contribution in [3.05, 3.63) is 18.2 Å². The van der Waals surface area contributed by atoms with E-state index < -0.39 is 11.5 Å². The number of imidazole rings is 1. The van der Waals surface area contributed by atoms with Crippen molar-refractivity contribution in [3.8, 4) is 6.07 Å².